The van der Waals surface area contributed by atoms with E-state index >= 15 is 0 Å². The van der Waals surface area contributed by atoms with E-state index < -0.39 is 10.0 Å². The third kappa shape index (κ3) is 3.28. The third-order valence-electron chi connectivity index (χ3n) is 4.02. The van der Waals surface area contributed by atoms with Crippen molar-refractivity contribution in [3.63, 3.8) is 0 Å². The molecule has 1 amide bonds. The summed E-state index contributed by atoms with van der Waals surface area (Å²) in [6.45, 7) is 3.58. The topological polar surface area (TPSA) is 92.5 Å². The van der Waals surface area contributed by atoms with Crippen molar-refractivity contribution < 1.29 is 13.2 Å². The molecule has 3 N–H and O–H groups in total. The number of primary sulfonamides is 1. The van der Waals surface area contributed by atoms with Crippen molar-refractivity contribution in [2.45, 2.75) is 43.2 Å². The molecule has 8 heteroatoms. The maximum Gasteiger partial charge on any atom is 0.261 e. The fraction of sp³-hybridized carbons (Fsp3) is 0.615. The Balaban J connectivity index is 1.66. The second kappa shape index (κ2) is 5.35. The van der Waals surface area contributed by atoms with Crippen LogP contribution in [0, 0.1) is 6.92 Å². The predicted molar refractivity (Wildman–Crippen MR) is 80.9 cm³/mol. The molecule has 0 bridgehead atoms. The minimum Gasteiger partial charge on any atom is -0.347 e. The molecule has 2 heterocycles. The summed E-state index contributed by atoms with van der Waals surface area (Å²) in [6, 6.07) is 2.24. The van der Waals surface area contributed by atoms with E-state index in [0.717, 1.165) is 19.5 Å². The normalized spacial score (nSPS) is 23.4. The number of carbonyl (C=O) groups excluding carboxylic acids is 1. The molecule has 1 aliphatic heterocycles. The highest BCUT2D eigenvalue weighted by Crippen LogP contribution is 2.30. The summed E-state index contributed by atoms with van der Waals surface area (Å²) in [6.07, 6.45) is 3.49. The molecule has 0 spiro atoms. The van der Waals surface area contributed by atoms with Gasteiger partial charge < -0.3 is 5.32 Å². The molecule has 1 saturated heterocycles. The Labute approximate surface area is 128 Å². The Kier molecular flexibility index (Phi) is 3.81. The van der Waals surface area contributed by atoms with Crippen molar-refractivity contribution in [2.24, 2.45) is 5.14 Å². The minimum atomic E-state index is -3.76. The Morgan fingerprint density at radius 1 is 1.43 bits per heavy atom. The summed E-state index contributed by atoms with van der Waals surface area (Å²) in [5.41, 5.74) is 0. The van der Waals surface area contributed by atoms with Crippen LogP contribution in [0.15, 0.2) is 11.0 Å². The summed E-state index contributed by atoms with van der Waals surface area (Å²) in [5, 5.41) is 8.13. The molecule has 1 aromatic heterocycles. The summed E-state index contributed by atoms with van der Waals surface area (Å²) in [7, 11) is -3.76. The molecular formula is C13H19N3O3S2. The van der Waals surface area contributed by atoms with Gasteiger partial charge in [-0.25, -0.2) is 13.6 Å². The Hall–Kier alpha value is -0.960. The van der Waals surface area contributed by atoms with Gasteiger partial charge in [0.15, 0.2) is 0 Å². The van der Waals surface area contributed by atoms with Crippen molar-refractivity contribution in [1.29, 1.82) is 0 Å². The molecule has 1 unspecified atom stereocenters. The highest BCUT2D eigenvalue weighted by Gasteiger charge is 2.35. The van der Waals surface area contributed by atoms with E-state index in [1.165, 1.54) is 30.2 Å². The van der Waals surface area contributed by atoms with Gasteiger partial charge >= 0.3 is 0 Å². The molecular weight excluding hydrogens is 310 g/mol. The van der Waals surface area contributed by atoms with Gasteiger partial charge in [-0.2, -0.15) is 0 Å². The Morgan fingerprint density at radius 3 is 2.71 bits per heavy atom. The maximum atomic E-state index is 12.2. The second-order valence-corrected chi connectivity index (χ2v) is 8.55. The minimum absolute atomic E-state index is 0.0451. The third-order valence-corrected chi connectivity index (χ3v) is 6.24. The number of likely N-dealkylation sites (tertiary alicyclic amines) is 1. The molecule has 6 nitrogen and oxygen atoms in total. The number of carbonyl (C=O) groups is 1. The lowest BCUT2D eigenvalue weighted by atomic mass is 10.2. The van der Waals surface area contributed by atoms with E-state index in [1.54, 1.807) is 6.92 Å². The number of hydrogen-bond acceptors (Lipinski definition) is 5. The van der Waals surface area contributed by atoms with Crippen LogP contribution in [0.2, 0.25) is 0 Å². The number of aryl methyl sites for hydroxylation is 1. The molecule has 2 fully saturated rings. The van der Waals surface area contributed by atoms with Crippen molar-refractivity contribution in [3.05, 3.63) is 15.8 Å². The summed E-state index contributed by atoms with van der Waals surface area (Å²) in [4.78, 5) is 15.6. The average Bonchev–Trinajstić information content (AvgIpc) is 2.99. The Bertz CT molecular complexity index is 664. The van der Waals surface area contributed by atoms with Gasteiger partial charge in [0, 0.05) is 30.1 Å². The average molecular weight is 329 g/mol. The molecule has 2 aliphatic rings. The fourth-order valence-corrected chi connectivity index (χ4v) is 4.84. The first kappa shape index (κ1) is 15.0. The van der Waals surface area contributed by atoms with Gasteiger partial charge in [-0.15, -0.1) is 11.3 Å². The first-order chi connectivity index (χ1) is 9.84. The van der Waals surface area contributed by atoms with Gasteiger partial charge in [-0.3, -0.25) is 9.69 Å². The molecule has 1 saturated carbocycles. The quantitative estimate of drug-likeness (QED) is 0.849. The number of thiophene rings is 1. The fourth-order valence-electron chi connectivity index (χ4n) is 2.79. The largest absolute Gasteiger partial charge is 0.347 e. The number of nitrogens with two attached hydrogens (primary N) is 1. The maximum absolute atomic E-state index is 12.2. The smallest absolute Gasteiger partial charge is 0.261 e. The van der Waals surface area contributed by atoms with E-state index in [9.17, 15) is 13.2 Å². The second-order valence-electron chi connectivity index (χ2n) is 5.76. The van der Waals surface area contributed by atoms with Crippen LogP contribution < -0.4 is 10.5 Å². The van der Waals surface area contributed by atoms with Gasteiger partial charge in [0.2, 0.25) is 10.0 Å². The molecule has 21 heavy (non-hydrogen) atoms. The van der Waals surface area contributed by atoms with Crippen molar-refractivity contribution >= 4 is 27.3 Å². The van der Waals surface area contributed by atoms with Gasteiger partial charge in [-0.05, 0) is 32.3 Å². The monoisotopic (exact) mass is 329 g/mol. The zero-order chi connectivity index (χ0) is 15.2. The molecule has 1 aromatic rings. The van der Waals surface area contributed by atoms with Gasteiger partial charge in [-0.1, -0.05) is 0 Å². The van der Waals surface area contributed by atoms with E-state index in [4.69, 9.17) is 5.14 Å². The van der Waals surface area contributed by atoms with Crippen molar-refractivity contribution in [2.75, 3.05) is 13.1 Å². The van der Waals surface area contributed by atoms with Gasteiger partial charge in [0.1, 0.15) is 0 Å². The summed E-state index contributed by atoms with van der Waals surface area (Å²) >= 11 is 1.17. The number of nitrogens with zero attached hydrogens (tertiary/aromatic N) is 1. The predicted octanol–water partition coefficient (Wildman–Crippen LogP) is 0.670. The number of nitrogens with one attached hydrogen (secondary N) is 1. The van der Waals surface area contributed by atoms with Crippen LogP contribution in [0.4, 0.5) is 0 Å². The van der Waals surface area contributed by atoms with Crippen LogP contribution >= 0.6 is 11.3 Å². The molecule has 1 aliphatic carbocycles. The molecule has 0 radical (unpaired) electrons. The van der Waals surface area contributed by atoms with Crippen LogP contribution in [0.1, 0.15) is 33.8 Å². The molecule has 0 aromatic carbocycles. The van der Waals surface area contributed by atoms with Crippen molar-refractivity contribution in [1.82, 2.24) is 10.2 Å². The van der Waals surface area contributed by atoms with E-state index in [0.29, 0.717) is 15.8 Å². The zero-order valence-corrected chi connectivity index (χ0v) is 13.5. The number of amides is 1. The lowest BCUT2D eigenvalue weighted by Gasteiger charge is -2.15. The van der Waals surface area contributed by atoms with Crippen LogP contribution in [0.3, 0.4) is 0 Å². The van der Waals surface area contributed by atoms with E-state index in [-0.39, 0.29) is 16.8 Å². The molecule has 3 rings (SSSR count). The SMILES string of the molecule is Cc1sc(C(=O)NC2CCN(C3CC3)C2)cc1S(N)(=O)=O. The highest BCUT2D eigenvalue weighted by molar-refractivity contribution is 7.89. The number of rotatable bonds is 4. The standard InChI is InChI=1S/C13H19N3O3S2/c1-8-12(21(14,18)19)6-11(20-8)13(17)15-9-4-5-16(7-9)10-2-3-10/h6,9-10H,2-5,7H2,1H3,(H,15,17)(H2,14,18,19). The van der Waals surface area contributed by atoms with Crippen LogP contribution in [0.5, 0.6) is 0 Å². The Morgan fingerprint density at radius 2 is 2.14 bits per heavy atom. The molecule has 1 atom stereocenters. The van der Waals surface area contributed by atoms with Crippen LogP contribution in [-0.2, 0) is 10.0 Å². The number of sulfonamides is 1. The zero-order valence-electron chi connectivity index (χ0n) is 11.8. The lowest BCUT2D eigenvalue weighted by molar-refractivity contribution is 0.0941. The van der Waals surface area contributed by atoms with Crippen LogP contribution in [-0.4, -0.2) is 44.4 Å². The van der Waals surface area contributed by atoms with E-state index in [2.05, 4.69) is 10.2 Å². The first-order valence-corrected chi connectivity index (χ1v) is 9.39. The van der Waals surface area contributed by atoms with Gasteiger partial charge in [0.05, 0.1) is 9.77 Å². The summed E-state index contributed by atoms with van der Waals surface area (Å²) in [5.74, 6) is -0.208. The highest BCUT2D eigenvalue weighted by atomic mass is 32.2. The molecule has 116 valence electrons. The van der Waals surface area contributed by atoms with Crippen LogP contribution in [0.25, 0.3) is 0 Å². The lowest BCUT2D eigenvalue weighted by Crippen LogP contribution is -2.37. The van der Waals surface area contributed by atoms with E-state index in [1.807, 2.05) is 0 Å². The van der Waals surface area contributed by atoms with Gasteiger partial charge in [0.25, 0.3) is 5.91 Å². The van der Waals surface area contributed by atoms with Crippen molar-refractivity contribution in [3.8, 4) is 0 Å². The summed E-state index contributed by atoms with van der Waals surface area (Å²) < 4.78 is 22.8. The first-order valence-electron chi connectivity index (χ1n) is 7.03. The number of hydrogen-bond donors (Lipinski definition) is 2.